The molecule has 1 aliphatic heterocycles. The molecule has 5 rings (SSSR count). The van der Waals surface area contributed by atoms with E-state index in [1.807, 2.05) is 0 Å². The number of para-hydroxylation sites is 1. The Hall–Kier alpha value is -3.67. The first-order valence-electron chi connectivity index (χ1n) is 10.2. The van der Waals surface area contributed by atoms with Crippen LogP contribution in [0.4, 0.5) is 10.8 Å². The third-order valence-electron chi connectivity index (χ3n) is 5.54. The van der Waals surface area contributed by atoms with Crippen molar-refractivity contribution in [3.8, 4) is 0 Å². The zero-order valence-electron chi connectivity index (χ0n) is 18.2. The number of hydrogen-bond acceptors (Lipinski definition) is 9. The van der Waals surface area contributed by atoms with Gasteiger partial charge in [0.2, 0.25) is 5.78 Å². The summed E-state index contributed by atoms with van der Waals surface area (Å²) in [5, 5.41) is 24.1. The van der Waals surface area contributed by atoms with E-state index in [2.05, 4.69) is 9.97 Å². The third kappa shape index (κ3) is 3.77. The lowest BCUT2D eigenvalue weighted by Gasteiger charge is -2.24. The number of ketones is 1. The number of anilines is 1. The van der Waals surface area contributed by atoms with Gasteiger partial charge >= 0.3 is 0 Å². The second-order valence-electron chi connectivity index (χ2n) is 7.74. The van der Waals surface area contributed by atoms with Crippen LogP contribution in [0.25, 0.3) is 10.2 Å². The number of aromatic nitrogens is 2. The topological polar surface area (TPSA) is 127 Å². The zero-order chi connectivity index (χ0) is 25.0. The van der Waals surface area contributed by atoms with Gasteiger partial charge in [-0.2, -0.15) is 0 Å². The highest BCUT2D eigenvalue weighted by atomic mass is 35.5. The standard InChI is InChI=1S/C23H15ClN4O5S2/c1-10-21(34-11(2)25-10)19(29)17-18(13-5-3-4-6-15(13)28(32)33)27(22(31)20(17)30)23-26-14-8-7-12(24)9-16(14)35-23/h3-9,18,30H,1-2H3. The van der Waals surface area contributed by atoms with Crippen molar-refractivity contribution in [2.45, 2.75) is 19.9 Å². The molecule has 1 atom stereocenters. The number of carbonyl (C=O) groups excluding carboxylic acids is 2. The molecule has 0 radical (unpaired) electrons. The summed E-state index contributed by atoms with van der Waals surface area (Å²) >= 11 is 8.34. The molecule has 0 bridgehead atoms. The number of aliphatic hydroxyl groups excluding tert-OH is 1. The Morgan fingerprint density at radius 1 is 1.17 bits per heavy atom. The number of nitro groups is 1. The van der Waals surface area contributed by atoms with E-state index < -0.39 is 28.4 Å². The van der Waals surface area contributed by atoms with Crippen molar-refractivity contribution in [3.05, 3.63) is 90.1 Å². The number of nitrogens with zero attached hydrogens (tertiary/aromatic N) is 4. The van der Waals surface area contributed by atoms with Gasteiger partial charge < -0.3 is 5.11 Å². The summed E-state index contributed by atoms with van der Waals surface area (Å²) in [7, 11) is 0. The minimum Gasteiger partial charge on any atom is -0.503 e. The van der Waals surface area contributed by atoms with E-state index in [0.29, 0.717) is 25.9 Å². The molecule has 0 aliphatic carbocycles. The molecule has 35 heavy (non-hydrogen) atoms. The van der Waals surface area contributed by atoms with Gasteiger partial charge in [-0.25, -0.2) is 9.97 Å². The predicted molar refractivity (Wildman–Crippen MR) is 134 cm³/mol. The lowest BCUT2D eigenvalue weighted by atomic mass is 9.94. The molecule has 9 nitrogen and oxygen atoms in total. The van der Waals surface area contributed by atoms with E-state index in [9.17, 15) is 24.8 Å². The molecule has 4 aromatic rings. The Morgan fingerprint density at radius 3 is 2.60 bits per heavy atom. The predicted octanol–water partition coefficient (Wildman–Crippen LogP) is 5.71. The number of aliphatic hydroxyl groups is 1. The van der Waals surface area contributed by atoms with E-state index in [-0.39, 0.29) is 26.8 Å². The maximum absolute atomic E-state index is 13.7. The summed E-state index contributed by atoms with van der Waals surface area (Å²) in [6.07, 6.45) is 0. The van der Waals surface area contributed by atoms with Gasteiger partial charge in [0.25, 0.3) is 11.6 Å². The summed E-state index contributed by atoms with van der Waals surface area (Å²) in [4.78, 5) is 48.5. The quantitative estimate of drug-likeness (QED) is 0.200. The van der Waals surface area contributed by atoms with Crippen LogP contribution in [0.15, 0.2) is 53.8 Å². The Bertz CT molecular complexity index is 1590. The number of aryl methyl sites for hydroxylation is 2. The number of thiazole rings is 2. The second-order valence-corrected chi connectivity index (χ2v) is 10.4. The van der Waals surface area contributed by atoms with Crippen LogP contribution in [-0.4, -0.2) is 31.7 Å². The van der Waals surface area contributed by atoms with Crippen molar-refractivity contribution < 1.29 is 19.6 Å². The first kappa shape index (κ1) is 23.1. The SMILES string of the molecule is Cc1nc(C)c(C(=O)C2=C(O)C(=O)N(c3nc4ccc(Cl)cc4s3)C2c2ccccc2[N+](=O)[O-])s1. The highest BCUT2D eigenvalue weighted by molar-refractivity contribution is 7.22. The van der Waals surface area contributed by atoms with E-state index in [4.69, 9.17) is 11.6 Å². The number of hydrogen-bond donors (Lipinski definition) is 1. The number of amides is 1. The fourth-order valence-corrected chi connectivity index (χ4v) is 6.21. The van der Waals surface area contributed by atoms with Crippen LogP contribution < -0.4 is 4.90 Å². The number of rotatable bonds is 5. The van der Waals surface area contributed by atoms with Gasteiger partial charge in [-0.1, -0.05) is 35.1 Å². The lowest BCUT2D eigenvalue weighted by Crippen LogP contribution is -2.31. The summed E-state index contributed by atoms with van der Waals surface area (Å²) < 4.78 is 0.676. The third-order valence-corrected chi connectivity index (χ3v) is 7.86. The fourth-order valence-electron chi connectivity index (χ4n) is 4.07. The summed E-state index contributed by atoms with van der Waals surface area (Å²) in [6.45, 7) is 3.39. The fraction of sp³-hybridized carbons (Fsp3) is 0.130. The van der Waals surface area contributed by atoms with Crippen molar-refractivity contribution in [2.24, 2.45) is 0 Å². The van der Waals surface area contributed by atoms with Crippen LogP contribution in [0.5, 0.6) is 0 Å². The highest BCUT2D eigenvalue weighted by Gasteiger charge is 2.48. The second kappa shape index (κ2) is 8.52. The molecular formula is C23H15ClN4O5S2. The number of Topliss-reactive ketones (excluding diaryl/α,β-unsaturated/α-hetero) is 1. The summed E-state index contributed by atoms with van der Waals surface area (Å²) in [5.41, 5.74) is 0.524. The van der Waals surface area contributed by atoms with Gasteiger partial charge in [-0.15, -0.1) is 11.3 Å². The molecule has 1 N–H and O–H groups in total. The van der Waals surface area contributed by atoms with E-state index in [1.165, 1.54) is 18.2 Å². The Labute approximate surface area is 211 Å². The molecule has 0 spiro atoms. The Morgan fingerprint density at radius 2 is 1.91 bits per heavy atom. The lowest BCUT2D eigenvalue weighted by molar-refractivity contribution is -0.385. The number of benzene rings is 2. The molecule has 1 aliphatic rings. The normalized spacial score (nSPS) is 15.9. The highest BCUT2D eigenvalue weighted by Crippen LogP contribution is 2.47. The molecule has 176 valence electrons. The van der Waals surface area contributed by atoms with Gasteiger partial charge in [0.1, 0.15) is 6.04 Å². The zero-order valence-corrected chi connectivity index (χ0v) is 20.6. The Kier molecular flexibility index (Phi) is 5.62. The van der Waals surface area contributed by atoms with Gasteiger partial charge in [-0.05, 0) is 38.1 Å². The van der Waals surface area contributed by atoms with E-state index in [1.54, 1.807) is 38.1 Å². The number of carbonyl (C=O) groups is 2. The molecule has 0 saturated carbocycles. The minimum atomic E-state index is -1.27. The Balaban J connectivity index is 1.74. The molecule has 1 amide bonds. The van der Waals surface area contributed by atoms with Crippen molar-refractivity contribution in [3.63, 3.8) is 0 Å². The van der Waals surface area contributed by atoms with Crippen LogP contribution in [-0.2, 0) is 4.79 Å². The minimum absolute atomic E-state index is 0.0782. The molecule has 12 heteroatoms. The number of nitro benzene ring substituents is 1. The summed E-state index contributed by atoms with van der Waals surface area (Å²) in [6, 6.07) is 9.56. The van der Waals surface area contributed by atoms with Gasteiger partial charge in [0.05, 0.1) is 41.9 Å². The smallest absolute Gasteiger partial charge is 0.296 e. The van der Waals surface area contributed by atoms with Crippen molar-refractivity contribution in [1.82, 2.24) is 9.97 Å². The van der Waals surface area contributed by atoms with Crippen molar-refractivity contribution >= 4 is 67.0 Å². The number of fused-ring (bicyclic) bond motifs is 1. The molecular weight excluding hydrogens is 512 g/mol. The van der Waals surface area contributed by atoms with Crippen LogP contribution in [0.1, 0.15) is 32.0 Å². The van der Waals surface area contributed by atoms with Crippen LogP contribution in [0, 0.1) is 24.0 Å². The molecule has 0 fully saturated rings. The van der Waals surface area contributed by atoms with Crippen molar-refractivity contribution in [1.29, 1.82) is 0 Å². The van der Waals surface area contributed by atoms with Crippen LogP contribution in [0.2, 0.25) is 5.02 Å². The van der Waals surface area contributed by atoms with E-state index >= 15 is 0 Å². The van der Waals surface area contributed by atoms with Crippen molar-refractivity contribution in [2.75, 3.05) is 4.90 Å². The molecule has 1 unspecified atom stereocenters. The average molecular weight is 527 g/mol. The largest absolute Gasteiger partial charge is 0.503 e. The van der Waals surface area contributed by atoms with Gasteiger partial charge in [0.15, 0.2) is 10.9 Å². The average Bonchev–Trinajstić information content (AvgIpc) is 3.46. The first-order chi connectivity index (χ1) is 16.7. The maximum Gasteiger partial charge on any atom is 0.296 e. The maximum atomic E-state index is 13.7. The molecule has 2 aromatic carbocycles. The molecule has 2 aromatic heterocycles. The molecule has 3 heterocycles. The van der Waals surface area contributed by atoms with Gasteiger partial charge in [0, 0.05) is 11.1 Å². The summed E-state index contributed by atoms with van der Waals surface area (Å²) in [5.74, 6) is -2.27. The van der Waals surface area contributed by atoms with E-state index in [0.717, 1.165) is 27.6 Å². The van der Waals surface area contributed by atoms with Gasteiger partial charge in [-0.3, -0.25) is 24.6 Å². The molecule has 0 saturated heterocycles. The monoisotopic (exact) mass is 526 g/mol. The van der Waals surface area contributed by atoms with Crippen LogP contribution >= 0.6 is 34.3 Å². The first-order valence-corrected chi connectivity index (χ1v) is 12.2. The van der Waals surface area contributed by atoms with Crippen LogP contribution in [0.3, 0.4) is 0 Å². The number of halogens is 1.